The molecule has 1 saturated heterocycles. The van der Waals surface area contributed by atoms with E-state index in [1.54, 1.807) is 42.5 Å². The van der Waals surface area contributed by atoms with Crippen LogP contribution in [0.3, 0.4) is 0 Å². The van der Waals surface area contributed by atoms with E-state index < -0.39 is 0 Å². The van der Waals surface area contributed by atoms with Gasteiger partial charge < -0.3 is 15.0 Å². The zero-order chi connectivity index (χ0) is 16.9. The first-order valence-electron chi connectivity index (χ1n) is 7.85. The summed E-state index contributed by atoms with van der Waals surface area (Å²) in [6.07, 6.45) is 3.06. The average molecular weight is 325 g/mol. The Bertz CT molecular complexity index is 761. The number of pyridine rings is 1. The number of nitrogens with one attached hydrogen (secondary N) is 1. The predicted octanol–water partition coefficient (Wildman–Crippen LogP) is 2.15. The molecule has 24 heavy (non-hydrogen) atoms. The quantitative estimate of drug-likeness (QED) is 0.914. The van der Waals surface area contributed by atoms with Crippen molar-refractivity contribution in [3.8, 4) is 5.88 Å². The molecule has 6 nitrogen and oxygen atoms in total. The third-order valence-corrected chi connectivity index (χ3v) is 3.98. The minimum Gasteiger partial charge on any atom is -0.481 e. The maximum Gasteiger partial charge on any atom is 0.251 e. The molecule has 2 amide bonds. The molecule has 3 rings (SSSR count). The maximum absolute atomic E-state index is 12.4. The van der Waals surface area contributed by atoms with Crippen molar-refractivity contribution in [3.05, 3.63) is 53.7 Å². The molecule has 0 spiro atoms. The summed E-state index contributed by atoms with van der Waals surface area (Å²) in [5, 5.41) is 2.86. The average Bonchev–Trinajstić information content (AvgIpc) is 3.06. The Hall–Kier alpha value is -2.89. The van der Waals surface area contributed by atoms with E-state index in [0.29, 0.717) is 31.0 Å². The third-order valence-electron chi connectivity index (χ3n) is 3.98. The summed E-state index contributed by atoms with van der Waals surface area (Å²) in [5.74, 6) is 0.399. The molecule has 1 aromatic heterocycles. The molecule has 0 aliphatic carbocycles. The number of methoxy groups -OCH3 is 1. The first-order chi connectivity index (χ1) is 11.7. The second kappa shape index (κ2) is 7.12. The molecule has 0 unspecified atom stereocenters. The normalized spacial score (nSPS) is 13.9. The zero-order valence-corrected chi connectivity index (χ0v) is 13.5. The lowest BCUT2D eigenvalue weighted by atomic mass is 10.1. The van der Waals surface area contributed by atoms with E-state index in [9.17, 15) is 9.59 Å². The van der Waals surface area contributed by atoms with Crippen LogP contribution in [-0.4, -0.2) is 30.5 Å². The van der Waals surface area contributed by atoms with Gasteiger partial charge in [0.1, 0.15) is 0 Å². The van der Waals surface area contributed by atoms with Crippen molar-refractivity contribution in [3.63, 3.8) is 0 Å². The van der Waals surface area contributed by atoms with Gasteiger partial charge in [-0.1, -0.05) is 12.1 Å². The molecule has 2 heterocycles. The van der Waals surface area contributed by atoms with E-state index >= 15 is 0 Å². The Labute approximate surface area is 140 Å². The number of anilines is 1. The van der Waals surface area contributed by atoms with Crippen molar-refractivity contribution < 1.29 is 14.3 Å². The maximum atomic E-state index is 12.4. The van der Waals surface area contributed by atoms with Gasteiger partial charge in [-0.05, 0) is 30.7 Å². The molecule has 1 aliphatic rings. The number of benzene rings is 1. The van der Waals surface area contributed by atoms with Crippen LogP contribution in [-0.2, 0) is 11.3 Å². The van der Waals surface area contributed by atoms with Gasteiger partial charge >= 0.3 is 0 Å². The number of nitrogens with zero attached hydrogens (tertiary/aromatic N) is 2. The molecule has 1 aromatic carbocycles. The fourth-order valence-corrected chi connectivity index (χ4v) is 2.76. The highest BCUT2D eigenvalue weighted by molar-refractivity contribution is 5.99. The van der Waals surface area contributed by atoms with Gasteiger partial charge in [-0.3, -0.25) is 9.59 Å². The molecular weight excluding hydrogens is 306 g/mol. The molecule has 1 N–H and O–H groups in total. The highest BCUT2D eigenvalue weighted by Crippen LogP contribution is 2.22. The number of carbonyl (C=O) groups is 2. The summed E-state index contributed by atoms with van der Waals surface area (Å²) >= 11 is 0. The highest BCUT2D eigenvalue weighted by Gasteiger charge is 2.22. The van der Waals surface area contributed by atoms with E-state index in [1.165, 1.54) is 0 Å². The highest BCUT2D eigenvalue weighted by atomic mass is 16.5. The van der Waals surface area contributed by atoms with Crippen LogP contribution in [0.15, 0.2) is 42.6 Å². The van der Waals surface area contributed by atoms with Crippen LogP contribution >= 0.6 is 0 Å². The summed E-state index contributed by atoms with van der Waals surface area (Å²) in [5.41, 5.74) is 2.10. The summed E-state index contributed by atoms with van der Waals surface area (Å²) in [7, 11) is 1.55. The first-order valence-corrected chi connectivity index (χ1v) is 7.85. The number of carbonyl (C=O) groups excluding carboxylic acids is 2. The van der Waals surface area contributed by atoms with E-state index in [2.05, 4.69) is 10.3 Å². The predicted molar refractivity (Wildman–Crippen MR) is 90.0 cm³/mol. The topological polar surface area (TPSA) is 71.5 Å². The number of rotatable bonds is 5. The molecule has 0 radical (unpaired) electrons. The van der Waals surface area contributed by atoms with Gasteiger partial charge in [-0.15, -0.1) is 0 Å². The van der Waals surface area contributed by atoms with E-state index in [1.807, 2.05) is 12.1 Å². The standard InChI is InChI=1S/C18H19N3O3/c1-24-18-14(6-3-9-19-18)12-20-17(23)13-5-2-7-15(11-13)21-10-4-8-16(21)22/h2-3,5-7,9,11H,4,8,10,12H2,1H3,(H,20,23). The molecule has 0 atom stereocenters. The fourth-order valence-electron chi connectivity index (χ4n) is 2.76. The molecule has 0 saturated carbocycles. The number of amides is 2. The van der Waals surface area contributed by atoms with Crippen LogP contribution in [0.25, 0.3) is 0 Å². The minimum absolute atomic E-state index is 0.104. The summed E-state index contributed by atoms with van der Waals surface area (Å²) in [6, 6.07) is 10.8. The SMILES string of the molecule is COc1ncccc1CNC(=O)c1cccc(N2CCCC2=O)c1. The van der Waals surface area contributed by atoms with Gasteiger partial charge in [-0.2, -0.15) is 0 Å². The van der Waals surface area contributed by atoms with Crippen LogP contribution in [0.1, 0.15) is 28.8 Å². The van der Waals surface area contributed by atoms with Gasteiger partial charge in [-0.25, -0.2) is 4.98 Å². The molecule has 124 valence electrons. The van der Waals surface area contributed by atoms with Crippen molar-refractivity contribution in [1.82, 2.24) is 10.3 Å². The van der Waals surface area contributed by atoms with E-state index in [4.69, 9.17) is 4.74 Å². The fraction of sp³-hybridized carbons (Fsp3) is 0.278. The molecule has 6 heteroatoms. The van der Waals surface area contributed by atoms with Gasteiger partial charge in [0.25, 0.3) is 5.91 Å². The van der Waals surface area contributed by atoms with Crippen molar-refractivity contribution in [2.75, 3.05) is 18.6 Å². The monoisotopic (exact) mass is 325 g/mol. The van der Waals surface area contributed by atoms with Crippen LogP contribution < -0.4 is 15.0 Å². The number of aromatic nitrogens is 1. The molecule has 1 aliphatic heterocycles. The van der Waals surface area contributed by atoms with Crippen molar-refractivity contribution in [2.24, 2.45) is 0 Å². The lowest BCUT2D eigenvalue weighted by Crippen LogP contribution is -2.26. The van der Waals surface area contributed by atoms with E-state index in [0.717, 1.165) is 17.7 Å². The Balaban J connectivity index is 1.70. The Morgan fingerprint density at radius 3 is 2.96 bits per heavy atom. The Kier molecular flexibility index (Phi) is 4.74. The van der Waals surface area contributed by atoms with Gasteiger partial charge in [0.2, 0.25) is 11.8 Å². The molecule has 0 bridgehead atoms. The second-order valence-corrected chi connectivity index (χ2v) is 5.55. The summed E-state index contributed by atoms with van der Waals surface area (Å²) in [4.78, 5) is 30.1. The first kappa shape index (κ1) is 16.0. The lowest BCUT2D eigenvalue weighted by molar-refractivity contribution is -0.117. The number of hydrogen-bond donors (Lipinski definition) is 1. The molecule has 2 aromatic rings. The van der Waals surface area contributed by atoms with E-state index in [-0.39, 0.29) is 11.8 Å². The van der Waals surface area contributed by atoms with Crippen LogP contribution in [0.5, 0.6) is 5.88 Å². The Morgan fingerprint density at radius 1 is 1.33 bits per heavy atom. The largest absolute Gasteiger partial charge is 0.481 e. The van der Waals surface area contributed by atoms with Crippen LogP contribution in [0, 0.1) is 0 Å². The van der Waals surface area contributed by atoms with Crippen molar-refractivity contribution >= 4 is 17.5 Å². The van der Waals surface area contributed by atoms with Crippen LogP contribution in [0.2, 0.25) is 0 Å². The summed E-state index contributed by atoms with van der Waals surface area (Å²) < 4.78 is 5.18. The van der Waals surface area contributed by atoms with Crippen molar-refractivity contribution in [1.29, 1.82) is 0 Å². The van der Waals surface area contributed by atoms with Gasteiger partial charge in [0, 0.05) is 42.5 Å². The van der Waals surface area contributed by atoms with Gasteiger partial charge in [0.05, 0.1) is 7.11 Å². The minimum atomic E-state index is -0.200. The molecule has 1 fully saturated rings. The number of hydrogen-bond acceptors (Lipinski definition) is 4. The third kappa shape index (κ3) is 3.37. The summed E-state index contributed by atoms with van der Waals surface area (Å²) in [6.45, 7) is 1.03. The molecular formula is C18H19N3O3. The second-order valence-electron chi connectivity index (χ2n) is 5.55. The smallest absolute Gasteiger partial charge is 0.251 e. The lowest BCUT2D eigenvalue weighted by Gasteiger charge is -2.16. The van der Waals surface area contributed by atoms with Gasteiger partial charge in [0.15, 0.2) is 0 Å². The van der Waals surface area contributed by atoms with Crippen LogP contribution in [0.4, 0.5) is 5.69 Å². The Morgan fingerprint density at radius 2 is 2.21 bits per heavy atom. The number of ether oxygens (including phenoxy) is 1. The zero-order valence-electron chi connectivity index (χ0n) is 13.5. The van der Waals surface area contributed by atoms with Crippen molar-refractivity contribution in [2.45, 2.75) is 19.4 Å².